The highest BCUT2D eigenvalue weighted by molar-refractivity contribution is 6.99. The molecule has 0 bridgehead atoms. The Balaban J connectivity index is 1.53. The summed E-state index contributed by atoms with van der Waals surface area (Å²) in [5.41, 5.74) is 14.0. The smallest absolute Gasteiger partial charge is 0.247 e. The molecule has 2 heteroatoms. The number of hydrogen-bond acceptors (Lipinski definition) is 0. The molecule has 6 aromatic rings. The van der Waals surface area contributed by atoms with Crippen molar-refractivity contribution in [2.75, 3.05) is 0 Å². The Morgan fingerprint density at radius 1 is 0.606 bits per heavy atom. The van der Waals surface area contributed by atoms with E-state index in [1.165, 1.54) is 66.1 Å². The van der Waals surface area contributed by atoms with Crippen LogP contribution in [0.1, 0.15) is 11.1 Å². The van der Waals surface area contributed by atoms with Crippen molar-refractivity contribution < 1.29 is 0 Å². The molecule has 0 amide bonds. The van der Waals surface area contributed by atoms with Gasteiger partial charge in [0.2, 0.25) is 6.71 Å². The quantitative estimate of drug-likeness (QED) is 0.324. The number of nitrogens with zero attached hydrogens (tertiary/aromatic N) is 1. The van der Waals surface area contributed by atoms with Crippen LogP contribution in [0, 0.1) is 0 Å². The van der Waals surface area contributed by atoms with E-state index in [-0.39, 0.29) is 6.71 Å². The van der Waals surface area contributed by atoms with Gasteiger partial charge in [0.05, 0.1) is 5.52 Å². The molecule has 0 saturated heterocycles. The lowest BCUT2D eigenvalue weighted by atomic mass is 9.32. The monoisotopic (exact) mass is 417 g/mol. The average Bonchev–Trinajstić information content (AvgIpc) is 3.23. The third-order valence-corrected chi connectivity index (χ3v) is 7.72. The lowest BCUT2D eigenvalue weighted by Crippen LogP contribution is -2.60. The highest BCUT2D eigenvalue weighted by atomic mass is 15.0. The zero-order valence-corrected chi connectivity index (χ0v) is 18.1. The molecule has 152 valence electrons. The van der Waals surface area contributed by atoms with Gasteiger partial charge in [-0.25, -0.2) is 0 Å². The predicted molar refractivity (Wildman–Crippen MR) is 140 cm³/mol. The molecule has 1 nitrogen and oxygen atoms in total. The molecule has 1 aromatic heterocycles. The second kappa shape index (κ2) is 6.27. The molecule has 8 rings (SSSR count). The largest absolute Gasteiger partial charge is 0.310 e. The SMILES string of the molecule is c1ccc(-c2cccc3c2Cc2ccc4c5ccccc5n5c4c2B3c2ccccc2-5)cc1. The zero-order valence-electron chi connectivity index (χ0n) is 18.1. The first-order valence-corrected chi connectivity index (χ1v) is 11.7. The van der Waals surface area contributed by atoms with E-state index < -0.39 is 0 Å². The van der Waals surface area contributed by atoms with Gasteiger partial charge in [-0.3, -0.25) is 0 Å². The maximum absolute atomic E-state index is 2.52. The first-order valence-electron chi connectivity index (χ1n) is 11.7. The molecule has 3 heterocycles. The summed E-state index contributed by atoms with van der Waals surface area (Å²) in [6, 6.07) is 40.4. The van der Waals surface area contributed by atoms with Crippen LogP contribution in [-0.2, 0) is 6.42 Å². The van der Waals surface area contributed by atoms with E-state index in [9.17, 15) is 0 Å². The van der Waals surface area contributed by atoms with Gasteiger partial charge in [0.15, 0.2) is 0 Å². The summed E-state index contributed by atoms with van der Waals surface area (Å²) in [5, 5.41) is 2.71. The Morgan fingerprint density at radius 3 is 2.33 bits per heavy atom. The molecule has 0 N–H and O–H groups in total. The van der Waals surface area contributed by atoms with Crippen molar-refractivity contribution in [1.29, 1.82) is 0 Å². The Labute approximate surface area is 193 Å². The van der Waals surface area contributed by atoms with Gasteiger partial charge in [0.1, 0.15) is 0 Å². The predicted octanol–water partition coefficient (Wildman–Crippen LogP) is 5.18. The van der Waals surface area contributed by atoms with Gasteiger partial charge in [0, 0.05) is 22.0 Å². The standard InChI is InChI=1S/C31H20BN/c1-2-9-20(10-3-1)22-12-8-14-26-25(22)19-21-17-18-24-23-11-4-6-15-28(23)33-29-16-7-5-13-27(29)32(26)30(21)31(24)33/h1-18H,19H2. The van der Waals surface area contributed by atoms with Crippen LogP contribution in [0.15, 0.2) is 109 Å². The fraction of sp³-hybridized carbons (Fsp3) is 0.0323. The Kier molecular flexibility index (Phi) is 3.33. The lowest BCUT2D eigenvalue weighted by Gasteiger charge is -2.34. The fourth-order valence-corrected chi connectivity index (χ4v) is 6.42. The normalized spacial score (nSPS) is 13.3. The minimum absolute atomic E-state index is 0.268. The summed E-state index contributed by atoms with van der Waals surface area (Å²) in [6.45, 7) is 0.268. The van der Waals surface area contributed by atoms with Crippen molar-refractivity contribution in [3.63, 3.8) is 0 Å². The van der Waals surface area contributed by atoms with Crippen molar-refractivity contribution in [2.45, 2.75) is 6.42 Å². The van der Waals surface area contributed by atoms with Gasteiger partial charge < -0.3 is 4.57 Å². The molecule has 0 radical (unpaired) electrons. The van der Waals surface area contributed by atoms with Crippen LogP contribution in [0.3, 0.4) is 0 Å². The highest BCUT2D eigenvalue weighted by Crippen LogP contribution is 2.36. The first-order chi connectivity index (χ1) is 16.4. The molecule has 5 aromatic carbocycles. The third kappa shape index (κ3) is 2.18. The molecular weight excluding hydrogens is 397 g/mol. The van der Waals surface area contributed by atoms with Crippen molar-refractivity contribution in [1.82, 2.24) is 4.57 Å². The summed E-state index contributed by atoms with van der Waals surface area (Å²) >= 11 is 0. The van der Waals surface area contributed by atoms with E-state index in [0.717, 1.165) is 6.42 Å². The summed E-state index contributed by atoms with van der Waals surface area (Å²) < 4.78 is 2.52. The molecule has 0 spiro atoms. The van der Waals surface area contributed by atoms with Gasteiger partial charge in [-0.2, -0.15) is 0 Å². The molecule has 0 aliphatic carbocycles. The summed E-state index contributed by atoms with van der Waals surface area (Å²) in [4.78, 5) is 0. The van der Waals surface area contributed by atoms with E-state index in [0.29, 0.717) is 0 Å². The van der Waals surface area contributed by atoms with Crippen LogP contribution in [-0.4, -0.2) is 11.3 Å². The number of rotatable bonds is 1. The van der Waals surface area contributed by atoms with Crippen LogP contribution in [0.2, 0.25) is 0 Å². The van der Waals surface area contributed by atoms with Crippen LogP contribution in [0.25, 0.3) is 38.6 Å². The van der Waals surface area contributed by atoms with Crippen LogP contribution < -0.4 is 16.4 Å². The third-order valence-electron chi connectivity index (χ3n) is 7.72. The fourth-order valence-electron chi connectivity index (χ4n) is 6.42. The molecule has 2 aliphatic heterocycles. The van der Waals surface area contributed by atoms with E-state index in [4.69, 9.17) is 0 Å². The second-order valence-corrected chi connectivity index (χ2v) is 9.30. The van der Waals surface area contributed by atoms with E-state index >= 15 is 0 Å². The van der Waals surface area contributed by atoms with E-state index in [1.54, 1.807) is 0 Å². The van der Waals surface area contributed by atoms with Crippen LogP contribution in [0.5, 0.6) is 0 Å². The average molecular weight is 417 g/mol. The van der Waals surface area contributed by atoms with Crippen LogP contribution >= 0.6 is 0 Å². The van der Waals surface area contributed by atoms with Crippen molar-refractivity contribution in [2.24, 2.45) is 0 Å². The van der Waals surface area contributed by atoms with E-state index in [2.05, 4.69) is 114 Å². The Morgan fingerprint density at radius 2 is 1.39 bits per heavy atom. The maximum atomic E-state index is 2.52. The maximum Gasteiger partial charge on any atom is 0.247 e. The molecular formula is C31H20BN. The molecule has 2 aliphatic rings. The minimum Gasteiger partial charge on any atom is -0.310 e. The second-order valence-electron chi connectivity index (χ2n) is 9.30. The van der Waals surface area contributed by atoms with Gasteiger partial charge >= 0.3 is 0 Å². The van der Waals surface area contributed by atoms with Gasteiger partial charge in [0.25, 0.3) is 0 Å². The molecule has 33 heavy (non-hydrogen) atoms. The zero-order chi connectivity index (χ0) is 21.5. The summed E-state index contributed by atoms with van der Waals surface area (Å²) in [7, 11) is 0. The Hall–Kier alpha value is -4.04. The lowest BCUT2D eigenvalue weighted by molar-refractivity contribution is 1.16. The number of para-hydroxylation sites is 2. The molecule has 0 fully saturated rings. The minimum atomic E-state index is 0.268. The van der Waals surface area contributed by atoms with E-state index in [1.807, 2.05) is 0 Å². The first kappa shape index (κ1) is 17.5. The number of fused-ring (bicyclic) bond motifs is 8. The topological polar surface area (TPSA) is 4.93 Å². The molecule has 0 unspecified atom stereocenters. The van der Waals surface area contributed by atoms with Gasteiger partial charge in [-0.05, 0) is 51.7 Å². The number of hydrogen-bond donors (Lipinski definition) is 0. The van der Waals surface area contributed by atoms with Crippen molar-refractivity contribution >= 4 is 44.9 Å². The molecule has 0 atom stereocenters. The van der Waals surface area contributed by atoms with Gasteiger partial charge in [-0.15, -0.1) is 0 Å². The van der Waals surface area contributed by atoms with Crippen molar-refractivity contribution in [3.05, 3.63) is 120 Å². The van der Waals surface area contributed by atoms with Crippen LogP contribution in [0.4, 0.5) is 0 Å². The Bertz CT molecular complexity index is 1740. The number of benzene rings is 5. The summed E-state index contributed by atoms with van der Waals surface area (Å²) in [6.07, 6.45) is 0.978. The van der Waals surface area contributed by atoms with Gasteiger partial charge in [-0.1, -0.05) is 103 Å². The summed E-state index contributed by atoms with van der Waals surface area (Å²) in [5.74, 6) is 0. The number of aromatic nitrogens is 1. The highest BCUT2D eigenvalue weighted by Gasteiger charge is 2.39. The van der Waals surface area contributed by atoms with Crippen molar-refractivity contribution in [3.8, 4) is 16.8 Å². The molecule has 0 saturated carbocycles.